The first-order valence-electron chi connectivity index (χ1n) is 3.89. The molecule has 1 N–H and O–H groups in total. The molecular formula is C7H9N3O3S. The van der Waals surface area contributed by atoms with Gasteiger partial charge in [0, 0.05) is 18.0 Å². The SMILES string of the molecule is CCC(=O)Nc1nc(C(=O)OC)ns1. The molecule has 76 valence electrons. The van der Waals surface area contributed by atoms with Gasteiger partial charge < -0.3 is 10.1 Å². The summed E-state index contributed by atoms with van der Waals surface area (Å²) in [6.45, 7) is 1.72. The van der Waals surface area contributed by atoms with Gasteiger partial charge in [0.05, 0.1) is 7.11 Å². The summed E-state index contributed by atoms with van der Waals surface area (Å²) in [5.74, 6) is -0.820. The van der Waals surface area contributed by atoms with Gasteiger partial charge in [0.2, 0.25) is 11.0 Å². The third-order valence-corrected chi connectivity index (χ3v) is 1.99. The second-order valence-electron chi connectivity index (χ2n) is 2.32. The highest BCUT2D eigenvalue weighted by molar-refractivity contribution is 7.10. The molecule has 0 atom stereocenters. The third kappa shape index (κ3) is 2.49. The molecule has 7 heteroatoms. The summed E-state index contributed by atoms with van der Waals surface area (Å²) in [5.41, 5.74) is 0. The fourth-order valence-electron chi connectivity index (χ4n) is 0.656. The Bertz CT molecular complexity index is 350. The number of amides is 1. The van der Waals surface area contributed by atoms with Gasteiger partial charge in [-0.05, 0) is 0 Å². The first kappa shape index (κ1) is 10.6. The Balaban J connectivity index is 2.68. The molecule has 0 saturated heterocycles. The minimum atomic E-state index is -0.613. The number of rotatable bonds is 3. The number of carbonyl (C=O) groups excluding carboxylic acids is 2. The van der Waals surface area contributed by atoms with Crippen LogP contribution in [0.3, 0.4) is 0 Å². The second kappa shape index (κ2) is 4.66. The smallest absolute Gasteiger partial charge is 0.377 e. The lowest BCUT2D eigenvalue weighted by molar-refractivity contribution is -0.115. The average molecular weight is 215 g/mol. The molecule has 0 saturated carbocycles. The molecule has 1 aromatic heterocycles. The topological polar surface area (TPSA) is 81.2 Å². The highest BCUT2D eigenvalue weighted by atomic mass is 32.1. The number of aromatic nitrogens is 2. The van der Waals surface area contributed by atoms with Crippen molar-refractivity contribution in [2.24, 2.45) is 0 Å². The van der Waals surface area contributed by atoms with Crippen molar-refractivity contribution >= 4 is 28.5 Å². The van der Waals surface area contributed by atoms with Crippen molar-refractivity contribution in [1.82, 2.24) is 9.36 Å². The van der Waals surface area contributed by atoms with Crippen LogP contribution in [0, 0.1) is 0 Å². The van der Waals surface area contributed by atoms with Crippen molar-refractivity contribution in [3.05, 3.63) is 5.82 Å². The van der Waals surface area contributed by atoms with Crippen molar-refractivity contribution in [2.45, 2.75) is 13.3 Å². The molecule has 1 aromatic rings. The van der Waals surface area contributed by atoms with Crippen molar-refractivity contribution in [3.8, 4) is 0 Å². The molecule has 14 heavy (non-hydrogen) atoms. The van der Waals surface area contributed by atoms with E-state index in [1.807, 2.05) is 0 Å². The minimum absolute atomic E-state index is 0.0381. The van der Waals surface area contributed by atoms with E-state index in [4.69, 9.17) is 0 Å². The highest BCUT2D eigenvalue weighted by Crippen LogP contribution is 2.11. The predicted octanol–water partition coefficient (Wildman–Crippen LogP) is 0.673. The molecule has 0 radical (unpaired) electrons. The van der Waals surface area contributed by atoms with Crippen molar-refractivity contribution < 1.29 is 14.3 Å². The fourth-order valence-corrected chi connectivity index (χ4v) is 1.23. The maximum absolute atomic E-state index is 10.9. The maximum Gasteiger partial charge on any atom is 0.377 e. The van der Waals surface area contributed by atoms with E-state index in [1.54, 1.807) is 6.92 Å². The Kier molecular flexibility index (Phi) is 3.52. The molecule has 0 aliphatic carbocycles. The Hall–Kier alpha value is -1.50. The molecule has 0 fully saturated rings. The van der Waals surface area contributed by atoms with Crippen LogP contribution in [0.5, 0.6) is 0 Å². The third-order valence-electron chi connectivity index (χ3n) is 1.36. The van der Waals surface area contributed by atoms with Crippen molar-refractivity contribution in [1.29, 1.82) is 0 Å². The summed E-state index contributed by atoms with van der Waals surface area (Å²) >= 11 is 0.943. The Labute approximate surface area is 84.5 Å². The van der Waals surface area contributed by atoms with Crippen LogP contribution in [0.25, 0.3) is 0 Å². The number of carbonyl (C=O) groups is 2. The highest BCUT2D eigenvalue weighted by Gasteiger charge is 2.13. The van der Waals surface area contributed by atoms with Crippen LogP contribution in [-0.4, -0.2) is 28.3 Å². The number of methoxy groups -OCH3 is 1. The number of hydrogen-bond acceptors (Lipinski definition) is 6. The summed E-state index contributed by atoms with van der Waals surface area (Å²) in [5, 5.41) is 2.79. The molecule has 1 amide bonds. The van der Waals surface area contributed by atoms with E-state index in [2.05, 4.69) is 19.4 Å². The second-order valence-corrected chi connectivity index (χ2v) is 3.07. The van der Waals surface area contributed by atoms with Crippen molar-refractivity contribution in [3.63, 3.8) is 0 Å². The number of nitrogens with zero attached hydrogens (tertiary/aromatic N) is 2. The van der Waals surface area contributed by atoms with Gasteiger partial charge >= 0.3 is 5.97 Å². The van der Waals surface area contributed by atoms with Crippen LogP contribution in [-0.2, 0) is 9.53 Å². The van der Waals surface area contributed by atoms with Gasteiger partial charge in [-0.2, -0.15) is 9.36 Å². The first-order chi connectivity index (χ1) is 6.67. The molecule has 6 nitrogen and oxygen atoms in total. The molecule has 0 bridgehead atoms. The average Bonchev–Trinajstić information content (AvgIpc) is 2.65. The summed E-state index contributed by atoms with van der Waals surface area (Å²) in [6.07, 6.45) is 0.354. The van der Waals surface area contributed by atoms with E-state index >= 15 is 0 Å². The van der Waals surface area contributed by atoms with Crippen molar-refractivity contribution in [2.75, 3.05) is 12.4 Å². The van der Waals surface area contributed by atoms with Crippen LogP contribution in [0.2, 0.25) is 0 Å². The van der Waals surface area contributed by atoms with Crippen LogP contribution in [0.15, 0.2) is 0 Å². The summed E-state index contributed by atoms with van der Waals surface area (Å²) in [7, 11) is 1.24. The number of nitrogens with one attached hydrogen (secondary N) is 1. The zero-order valence-electron chi connectivity index (χ0n) is 7.73. The van der Waals surface area contributed by atoms with Crippen LogP contribution >= 0.6 is 11.5 Å². The van der Waals surface area contributed by atoms with Gasteiger partial charge in [-0.15, -0.1) is 0 Å². The molecule has 1 rings (SSSR count). The number of hydrogen-bond donors (Lipinski definition) is 1. The molecule has 0 aliphatic heterocycles. The molecular weight excluding hydrogens is 206 g/mol. The van der Waals surface area contributed by atoms with Gasteiger partial charge in [0.25, 0.3) is 5.82 Å². The lowest BCUT2D eigenvalue weighted by Crippen LogP contribution is -2.10. The van der Waals surface area contributed by atoms with Crippen LogP contribution in [0.4, 0.5) is 5.13 Å². The van der Waals surface area contributed by atoms with E-state index in [9.17, 15) is 9.59 Å². The summed E-state index contributed by atoms with van der Waals surface area (Å²) in [4.78, 5) is 25.6. The van der Waals surface area contributed by atoms with Crippen LogP contribution in [0.1, 0.15) is 24.0 Å². The van der Waals surface area contributed by atoms with E-state index in [1.165, 1.54) is 7.11 Å². The molecule has 1 heterocycles. The molecule has 0 unspecified atom stereocenters. The van der Waals surface area contributed by atoms with E-state index in [0.29, 0.717) is 11.6 Å². The van der Waals surface area contributed by atoms with Crippen LogP contribution < -0.4 is 5.32 Å². The first-order valence-corrected chi connectivity index (χ1v) is 4.66. The Morgan fingerprint density at radius 2 is 2.29 bits per heavy atom. The van der Waals surface area contributed by atoms with E-state index < -0.39 is 5.97 Å². The number of anilines is 1. The van der Waals surface area contributed by atoms with Gasteiger partial charge in [-0.1, -0.05) is 6.92 Å². The van der Waals surface area contributed by atoms with E-state index in [0.717, 1.165) is 11.5 Å². The van der Waals surface area contributed by atoms with E-state index in [-0.39, 0.29) is 11.7 Å². The lowest BCUT2D eigenvalue weighted by Gasteiger charge is -1.94. The van der Waals surface area contributed by atoms with Gasteiger partial charge in [0.1, 0.15) is 0 Å². The quantitative estimate of drug-likeness (QED) is 0.749. The molecule has 0 spiro atoms. The number of ether oxygens (including phenoxy) is 1. The minimum Gasteiger partial charge on any atom is -0.463 e. The zero-order chi connectivity index (χ0) is 10.6. The molecule has 0 aliphatic rings. The zero-order valence-corrected chi connectivity index (χ0v) is 8.55. The fraction of sp³-hybridized carbons (Fsp3) is 0.429. The van der Waals surface area contributed by atoms with Gasteiger partial charge in [-0.25, -0.2) is 4.79 Å². The predicted molar refractivity (Wildman–Crippen MR) is 50.2 cm³/mol. The normalized spacial score (nSPS) is 9.57. The van der Waals surface area contributed by atoms with Gasteiger partial charge in [0.15, 0.2) is 0 Å². The monoisotopic (exact) mass is 215 g/mol. The summed E-state index contributed by atoms with van der Waals surface area (Å²) < 4.78 is 8.13. The largest absolute Gasteiger partial charge is 0.463 e. The Morgan fingerprint density at radius 1 is 1.57 bits per heavy atom. The summed E-state index contributed by atoms with van der Waals surface area (Å²) in [6, 6.07) is 0. The van der Waals surface area contributed by atoms with Gasteiger partial charge in [-0.3, -0.25) is 4.79 Å². The lowest BCUT2D eigenvalue weighted by atomic mass is 10.5. The maximum atomic E-state index is 10.9. The molecule has 0 aromatic carbocycles. The number of esters is 1. The standard InChI is InChI=1S/C7H9N3O3S/c1-3-4(11)8-7-9-5(10-14-7)6(12)13-2/h3H2,1-2H3,(H,8,9,10,11). The Morgan fingerprint density at radius 3 is 2.86 bits per heavy atom.